The number of carbonyl (C=O) groups is 2. The SMILES string of the molecule is C[C@@H]1[C@@H](NC(=O)C2CCS(=O)(=O)N2Cc2cccc(C=O)c2)C[C@H]2C[C@@H]1C2(C)C. The van der Waals surface area contributed by atoms with Gasteiger partial charge in [0.2, 0.25) is 15.9 Å². The van der Waals surface area contributed by atoms with Gasteiger partial charge in [-0.05, 0) is 54.1 Å². The fourth-order valence-electron chi connectivity index (χ4n) is 5.75. The molecule has 1 unspecified atom stereocenters. The summed E-state index contributed by atoms with van der Waals surface area (Å²) in [5.41, 5.74) is 1.55. The van der Waals surface area contributed by atoms with E-state index in [0.29, 0.717) is 40.7 Å². The van der Waals surface area contributed by atoms with Crippen LogP contribution in [0, 0.1) is 23.2 Å². The number of nitrogens with zero attached hydrogens (tertiary/aromatic N) is 1. The molecule has 0 aromatic heterocycles. The Balaban J connectivity index is 1.48. The lowest BCUT2D eigenvalue weighted by Crippen LogP contribution is -2.61. The molecule has 3 aliphatic carbocycles. The maximum absolute atomic E-state index is 13.1. The first kappa shape index (κ1) is 20.5. The van der Waals surface area contributed by atoms with Gasteiger partial charge in [0.15, 0.2) is 0 Å². The van der Waals surface area contributed by atoms with E-state index >= 15 is 0 Å². The van der Waals surface area contributed by atoms with Gasteiger partial charge >= 0.3 is 0 Å². The van der Waals surface area contributed by atoms with Crippen molar-refractivity contribution >= 4 is 22.2 Å². The van der Waals surface area contributed by atoms with Crippen molar-refractivity contribution in [2.45, 2.75) is 58.7 Å². The van der Waals surface area contributed by atoms with Gasteiger partial charge in [0.25, 0.3) is 0 Å². The van der Waals surface area contributed by atoms with E-state index in [1.165, 1.54) is 10.7 Å². The highest BCUT2D eigenvalue weighted by Gasteiger charge is 2.56. The molecule has 1 aliphatic heterocycles. The number of hydrogen-bond donors (Lipinski definition) is 1. The molecule has 6 nitrogen and oxygen atoms in total. The third-order valence-corrected chi connectivity index (χ3v) is 9.61. The molecule has 1 amide bonds. The van der Waals surface area contributed by atoms with E-state index < -0.39 is 16.1 Å². The van der Waals surface area contributed by atoms with E-state index in [9.17, 15) is 18.0 Å². The molecule has 4 fully saturated rings. The zero-order valence-corrected chi connectivity index (χ0v) is 18.1. The van der Waals surface area contributed by atoms with Gasteiger partial charge in [0.1, 0.15) is 12.3 Å². The summed E-state index contributed by atoms with van der Waals surface area (Å²) >= 11 is 0. The maximum Gasteiger partial charge on any atom is 0.238 e. The summed E-state index contributed by atoms with van der Waals surface area (Å²) in [6.45, 7) is 6.96. The van der Waals surface area contributed by atoms with E-state index in [4.69, 9.17) is 0 Å². The number of benzene rings is 1. The Kier molecular flexibility index (Phi) is 5.10. The van der Waals surface area contributed by atoms with E-state index in [0.717, 1.165) is 12.7 Å². The smallest absolute Gasteiger partial charge is 0.238 e. The van der Waals surface area contributed by atoms with Crippen LogP contribution in [0.3, 0.4) is 0 Å². The molecule has 5 rings (SSSR count). The van der Waals surface area contributed by atoms with Crippen molar-refractivity contribution in [1.29, 1.82) is 0 Å². The number of fused-ring (bicyclic) bond motifs is 2. The van der Waals surface area contributed by atoms with Crippen LogP contribution in [0.5, 0.6) is 0 Å². The summed E-state index contributed by atoms with van der Waals surface area (Å²) in [6.07, 6.45) is 3.25. The fourth-order valence-corrected chi connectivity index (χ4v) is 7.44. The number of rotatable bonds is 5. The number of hydrogen-bond acceptors (Lipinski definition) is 4. The number of aldehydes is 1. The Morgan fingerprint density at radius 2 is 2.07 bits per heavy atom. The Morgan fingerprint density at radius 1 is 1.31 bits per heavy atom. The highest BCUT2D eigenvalue weighted by molar-refractivity contribution is 7.89. The van der Waals surface area contributed by atoms with E-state index in [2.05, 4.69) is 26.1 Å². The molecular weight excluding hydrogens is 388 g/mol. The normalized spacial score (nSPS) is 34.9. The Labute approximate surface area is 173 Å². The van der Waals surface area contributed by atoms with Crippen LogP contribution in [0.15, 0.2) is 24.3 Å². The van der Waals surface area contributed by atoms with Crippen LogP contribution >= 0.6 is 0 Å². The second-order valence-electron chi connectivity index (χ2n) is 9.60. The van der Waals surface area contributed by atoms with Crippen molar-refractivity contribution in [3.63, 3.8) is 0 Å². The lowest BCUT2D eigenvalue weighted by atomic mass is 9.45. The summed E-state index contributed by atoms with van der Waals surface area (Å²) in [5, 5.41) is 3.18. The molecule has 1 aromatic rings. The van der Waals surface area contributed by atoms with Crippen LogP contribution in [-0.4, -0.2) is 42.8 Å². The van der Waals surface area contributed by atoms with E-state index in [1.54, 1.807) is 24.3 Å². The highest BCUT2D eigenvalue weighted by Crippen LogP contribution is 2.61. The van der Waals surface area contributed by atoms with Crippen molar-refractivity contribution < 1.29 is 18.0 Å². The summed E-state index contributed by atoms with van der Waals surface area (Å²) in [5.74, 6) is 1.43. The zero-order chi connectivity index (χ0) is 21.0. The fraction of sp³-hybridized carbons (Fsp3) is 0.636. The monoisotopic (exact) mass is 418 g/mol. The largest absolute Gasteiger partial charge is 0.352 e. The summed E-state index contributed by atoms with van der Waals surface area (Å²) < 4.78 is 26.5. The Bertz CT molecular complexity index is 926. The van der Waals surface area contributed by atoms with Crippen molar-refractivity contribution in [2.75, 3.05) is 5.75 Å². The van der Waals surface area contributed by atoms with E-state index in [1.807, 2.05) is 0 Å². The summed E-state index contributed by atoms with van der Waals surface area (Å²) in [4.78, 5) is 24.1. The molecule has 7 heteroatoms. The quantitative estimate of drug-likeness (QED) is 0.745. The molecule has 5 atom stereocenters. The topological polar surface area (TPSA) is 83.6 Å². The maximum atomic E-state index is 13.1. The predicted octanol–water partition coefficient (Wildman–Crippen LogP) is 2.59. The summed E-state index contributed by atoms with van der Waals surface area (Å²) in [6, 6.07) is 6.30. The lowest BCUT2D eigenvalue weighted by molar-refractivity contribution is -0.136. The van der Waals surface area contributed by atoms with Crippen molar-refractivity contribution in [3.8, 4) is 0 Å². The zero-order valence-electron chi connectivity index (χ0n) is 17.3. The van der Waals surface area contributed by atoms with Gasteiger partial charge in [-0.15, -0.1) is 0 Å². The molecule has 0 spiro atoms. The summed E-state index contributed by atoms with van der Waals surface area (Å²) in [7, 11) is -3.49. The van der Waals surface area contributed by atoms with Crippen molar-refractivity contribution in [3.05, 3.63) is 35.4 Å². The molecule has 1 heterocycles. The average Bonchev–Trinajstić information content (AvgIpc) is 2.97. The first-order chi connectivity index (χ1) is 13.6. The van der Waals surface area contributed by atoms with Crippen LogP contribution in [0.2, 0.25) is 0 Å². The molecule has 1 saturated heterocycles. The average molecular weight is 419 g/mol. The number of carbonyl (C=O) groups excluding carboxylic acids is 2. The number of sulfonamides is 1. The van der Waals surface area contributed by atoms with Gasteiger partial charge in [-0.25, -0.2) is 8.42 Å². The number of amides is 1. The van der Waals surface area contributed by atoms with Crippen molar-refractivity contribution in [1.82, 2.24) is 9.62 Å². The minimum Gasteiger partial charge on any atom is -0.352 e. The van der Waals surface area contributed by atoms with Crippen LogP contribution in [0.25, 0.3) is 0 Å². The number of nitrogens with one attached hydrogen (secondary N) is 1. The molecule has 0 radical (unpaired) electrons. The molecule has 2 bridgehead atoms. The third-order valence-electron chi connectivity index (χ3n) is 7.76. The second kappa shape index (κ2) is 7.20. The first-order valence-corrected chi connectivity index (χ1v) is 12.1. The van der Waals surface area contributed by atoms with Gasteiger partial charge in [0, 0.05) is 18.2 Å². The van der Waals surface area contributed by atoms with Crippen LogP contribution in [-0.2, 0) is 21.4 Å². The molecular formula is C22H30N2O4S. The minimum absolute atomic E-state index is 0.0169. The lowest BCUT2D eigenvalue weighted by Gasteiger charge is -2.62. The Morgan fingerprint density at radius 3 is 2.72 bits per heavy atom. The van der Waals surface area contributed by atoms with Gasteiger partial charge in [-0.1, -0.05) is 39.0 Å². The molecule has 158 valence electrons. The molecule has 1 aromatic carbocycles. The molecule has 4 aliphatic rings. The van der Waals surface area contributed by atoms with E-state index in [-0.39, 0.29) is 24.2 Å². The van der Waals surface area contributed by atoms with Gasteiger partial charge in [-0.3, -0.25) is 9.59 Å². The van der Waals surface area contributed by atoms with Gasteiger partial charge in [-0.2, -0.15) is 4.31 Å². The molecule has 1 N–H and O–H groups in total. The molecule has 3 saturated carbocycles. The van der Waals surface area contributed by atoms with Crippen LogP contribution in [0.4, 0.5) is 0 Å². The standard InChI is InChI=1S/C22H30N2O4S/c1-14-18-10-17(22(18,2)3)11-19(14)23-21(26)20-7-8-29(27,28)24(20)12-15-5-4-6-16(9-15)13-25/h4-6,9,13-14,17-20H,7-8,10-12H2,1-3H3,(H,23,26)/t14-,17+,18-,19-,20?/m0/s1. The predicted molar refractivity (Wildman–Crippen MR) is 111 cm³/mol. The molecule has 29 heavy (non-hydrogen) atoms. The second-order valence-corrected chi connectivity index (χ2v) is 11.6. The van der Waals surface area contributed by atoms with Crippen LogP contribution < -0.4 is 5.32 Å². The third kappa shape index (κ3) is 3.52. The highest BCUT2D eigenvalue weighted by atomic mass is 32.2. The Hall–Kier alpha value is -1.73. The van der Waals surface area contributed by atoms with Gasteiger partial charge in [0.05, 0.1) is 5.75 Å². The van der Waals surface area contributed by atoms with Crippen molar-refractivity contribution in [2.24, 2.45) is 23.2 Å². The first-order valence-electron chi connectivity index (χ1n) is 10.5. The van der Waals surface area contributed by atoms with Gasteiger partial charge < -0.3 is 5.32 Å². The van der Waals surface area contributed by atoms with Crippen LogP contribution in [0.1, 0.15) is 56.0 Å². The minimum atomic E-state index is -3.49.